The van der Waals surface area contributed by atoms with Crippen molar-refractivity contribution in [3.05, 3.63) is 58.1 Å². The van der Waals surface area contributed by atoms with E-state index in [1.807, 2.05) is 38.1 Å². The van der Waals surface area contributed by atoms with E-state index in [-0.39, 0.29) is 5.91 Å². The molecule has 5 nitrogen and oxygen atoms in total. The first kappa shape index (κ1) is 20.5. The van der Waals surface area contributed by atoms with E-state index in [1.54, 1.807) is 0 Å². The van der Waals surface area contributed by atoms with Crippen LogP contribution >= 0.6 is 11.6 Å². The van der Waals surface area contributed by atoms with Crippen LogP contribution < -0.4 is 19.7 Å². The molecule has 0 radical (unpaired) electrons. The van der Waals surface area contributed by atoms with Gasteiger partial charge in [0.15, 0.2) is 18.0 Å². The molecule has 150 valence electrons. The van der Waals surface area contributed by atoms with Crippen LogP contribution in [-0.4, -0.2) is 32.2 Å². The van der Waals surface area contributed by atoms with E-state index in [4.69, 9.17) is 21.1 Å². The molecule has 0 spiro atoms. The number of carbonyl (C=O) groups is 1. The molecule has 0 aromatic heterocycles. The fraction of sp³-hybridized carbons (Fsp3) is 0.409. The average Bonchev–Trinajstić information content (AvgIpc) is 2.68. The van der Waals surface area contributed by atoms with Crippen LogP contribution in [0.2, 0.25) is 5.02 Å². The van der Waals surface area contributed by atoms with Gasteiger partial charge in [0.25, 0.3) is 5.91 Å². The molecule has 0 fully saturated rings. The molecular weight excluding hydrogens is 376 g/mol. The van der Waals surface area contributed by atoms with E-state index in [1.165, 1.54) is 16.0 Å². The lowest BCUT2D eigenvalue weighted by Crippen LogP contribution is -3.12. The van der Waals surface area contributed by atoms with Gasteiger partial charge in [0.2, 0.25) is 0 Å². The summed E-state index contributed by atoms with van der Waals surface area (Å²) in [5, 5.41) is 3.66. The van der Waals surface area contributed by atoms with Crippen molar-refractivity contribution in [1.29, 1.82) is 0 Å². The van der Waals surface area contributed by atoms with Gasteiger partial charge in [-0.1, -0.05) is 29.8 Å². The largest absolute Gasteiger partial charge is 0.490 e. The van der Waals surface area contributed by atoms with Crippen molar-refractivity contribution in [3.63, 3.8) is 0 Å². The minimum Gasteiger partial charge on any atom is -0.490 e. The lowest BCUT2D eigenvalue weighted by Gasteiger charge is -2.26. The molecule has 0 aliphatic carbocycles. The van der Waals surface area contributed by atoms with Crippen LogP contribution in [0.25, 0.3) is 0 Å². The smallest absolute Gasteiger partial charge is 0.275 e. The molecule has 1 aliphatic rings. The van der Waals surface area contributed by atoms with E-state index in [9.17, 15) is 4.79 Å². The summed E-state index contributed by atoms with van der Waals surface area (Å²) in [5.74, 6) is 1.63. The zero-order valence-electron chi connectivity index (χ0n) is 16.5. The lowest BCUT2D eigenvalue weighted by atomic mass is 9.98. The van der Waals surface area contributed by atoms with E-state index in [0.29, 0.717) is 31.3 Å². The summed E-state index contributed by atoms with van der Waals surface area (Å²) in [6.45, 7) is 7.78. The lowest BCUT2D eigenvalue weighted by molar-refractivity contribution is -0.908. The van der Waals surface area contributed by atoms with Crippen molar-refractivity contribution in [1.82, 2.24) is 5.32 Å². The zero-order valence-corrected chi connectivity index (χ0v) is 17.3. The van der Waals surface area contributed by atoms with Crippen molar-refractivity contribution >= 4 is 17.5 Å². The zero-order chi connectivity index (χ0) is 19.9. The Labute approximate surface area is 171 Å². The highest BCUT2D eigenvalue weighted by molar-refractivity contribution is 6.31. The van der Waals surface area contributed by atoms with Crippen LogP contribution in [-0.2, 0) is 24.3 Å². The van der Waals surface area contributed by atoms with E-state index in [2.05, 4.69) is 17.4 Å². The van der Waals surface area contributed by atoms with Gasteiger partial charge in [0.05, 0.1) is 19.8 Å². The Morgan fingerprint density at radius 1 is 1.11 bits per heavy atom. The fourth-order valence-corrected chi connectivity index (χ4v) is 3.73. The van der Waals surface area contributed by atoms with Crippen LogP contribution in [0.3, 0.4) is 0 Å². The van der Waals surface area contributed by atoms with Crippen molar-refractivity contribution in [2.45, 2.75) is 33.4 Å². The minimum absolute atomic E-state index is 0.0364. The number of amides is 1. The third kappa shape index (κ3) is 5.18. The van der Waals surface area contributed by atoms with E-state index >= 15 is 0 Å². The molecule has 1 atom stereocenters. The van der Waals surface area contributed by atoms with Crippen molar-refractivity contribution in [3.8, 4) is 11.5 Å². The van der Waals surface area contributed by atoms with Gasteiger partial charge in [-0.3, -0.25) is 4.79 Å². The molecular formula is C22H28ClN2O3+. The number of nitrogens with one attached hydrogen (secondary N) is 2. The number of quaternary nitrogens is 1. The first-order valence-electron chi connectivity index (χ1n) is 9.85. The molecule has 2 aromatic rings. The Kier molecular flexibility index (Phi) is 7.18. The summed E-state index contributed by atoms with van der Waals surface area (Å²) < 4.78 is 11.5. The van der Waals surface area contributed by atoms with E-state index < -0.39 is 0 Å². The molecule has 1 amide bonds. The average molecular weight is 404 g/mol. The molecule has 28 heavy (non-hydrogen) atoms. The molecule has 1 unspecified atom stereocenters. The fourth-order valence-electron chi connectivity index (χ4n) is 3.52. The SMILES string of the molecule is CCOc1cc2c(cc1OCC)C[NH+](CC(=O)NCc1ccccc1Cl)CC2. The molecule has 2 N–H and O–H groups in total. The maximum atomic E-state index is 12.4. The Bertz CT molecular complexity index is 825. The summed E-state index contributed by atoms with van der Waals surface area (Å²) in [6, 6.07) is 11.7. The van der Waals surface area contributed by atoms with Gasteiger partial charge in [-0.25, -0.2) is 0 Å². The summed E-state index contributed by atoms with van der Waals surface area (Å²) in [5.41, 5.74) is 3.44. The standard InChI is InChI=1S/C22H27ClN2O3/c1-3-27-20-11-16-9-10-25(14-18(16)12-21(20)28-4-2)15-22(26)24-13-17-7-5-6-8-19(17)23/h5-8,11-12H,3-4,9-10,13-15H2,1-2H3,(H,24,26)/p+1. The number of halogens is 1. The van der Waals surface area contributed by atoms with Crippen LogP contribution in [0.1, 0.15) is 30.5 Å². The highest BCUT2D eigenvalue weighted by atomic mass is 35.5. The van der Waals surface area contributed by atoms with Gasteiger partial charge < -0.3 is 19.7 Å². The second-order valence-electron chi connectivity index (χ2n) is 6.91. The second kappa shape index (κ2) is 9.80. The Morgan fingerprint density at radius 3 is 2.46 bits per heavy atom. The number of benzene rings is 2. The quantitative estimate of drug-likeness (QED) is 0.711. The molecule has 6 heteroatoms. The van der Waals surface area contributed by atoms with Gasteiger partial charge in [-0.05, 0) is 43.2 Å². The number of hydrogen-bond acceptors (Lipinski definition) is 3. The Morgan fingerprint density at radius 2 is 1.79 bits per heavy atom. The topological polar surface area (TPSA) is 52.0 Å². The number of ether oxygens (including phenoxy) is 2. The predicted octanol–water partition coefficient (Wildman–Crippen LogP) is 2.39. The molecule has 2 aromatic carbocycles. The second-order valence-corrected chi connectivity index (χ2v) is 7.31. The van der Waals surface area contributed by atoms with Gasteiger partial charge in [-0.2, -0.15) is 0 Å². The summed E-state index contributed by atoms with van der Waals surface area (Å²) in [7, 11) is 0. The third-order valence-corrected chi connectivity index (χ3v) is 5.27. The van der Waals surface area contributed by atoms with Gasteiger partial charge >= 0.3 is 0 Å². The highest BCUT2D eigenvalue weighted by Crippen LogP contribution is 2.32. The number of rotatable bonds is 8. The van der Waals surface area contributed by atoms with Gasteiger partial charge in [0.1, 0.15) is 6.54 Å². The number of hydrogen-bond donors (Lipinski definition) is 2. The van der Waals surface area contributed by atoms with Crippen molar-refractivity contribution in [2.24, 2.45) is 0 Å². The molecule has 1 heterocycles. The monoisotopic (exact) mass is 403 g/mol. The first-order chi connectivity index (χ1) is 13.6. The summed E-state index contributed by atoms with van der Waals surface area (Å²) >= 11 is 6.15. The molecule has 0 saturated carbocycles. The summed E-state index contributed by atoms with van der Waals surface area (Å²) in [4.78, 5) is 13.6. The first-order valence-corrected chi connectivity index (χ1v) is 10.2. The van der Waals surface area contributed by atoms with Crippen molar-refractivity contribution in [2.75, 3.05) is 26.3 Å². The maximum absolute atomic E-state index is 12.4. The van der Waals surface area contributed by atoms with Crippen molar-refractivity contribution < 1.29 is 19.2 Å². The number of fused-ring (bicyclic) bond motifs is 1. The van der Waals surface area contributed by atoms with Crippen LogP contribution in [0.4, 0.5) is 0 Å². The molecule has 0 saturated heterocycles. The predicted molar refractivity (Wildman–Crippen MR) is 110 cm³/mol. The minimum atomic E-state index is 0.0364. The highest BCUT2D eigenvalue weighted by Gasteiger charge is 2.24. The molecule has 0 bridgehead atoms. The van der Waals surface area contributed by atoms with Gasteiger partial charge in [-0.15, -0.1) is 0 Å². The van der Waals surface area contributed by atoms with Crippen LogP contribution in [0.5, 0.6) is 11.5 Å². The summed E-state index contributed by atoms with van der Waals surface area (Å²) in [6.07, 6.45) is 0.926. The normalized spacial score (nSPS) is 15.6. The Balaban J connectivity index is 1.60. The molecule has 3 rings (SSSR count). The van der Waals surface area contributed by atoms with Crippen LogP contribution in [0, 0.1) is 0 Å². The van der Waals surface area contributed by atoms with Gasteiger partial charge in [0, 0.05) is 23.6 Å². The maximum Gasteiger partial charge on any atom is 0.275 e. The number of carbonyl (C=O) groups excluding carboxylic acids is 1. The van der Waals surface area contributed by atoms with Crippen LogP contribution in [0.15, 0.2) is 36.4 Å². The third-order valence-electron chi connectivity index (χ3n) is 4.90. The molecule has 1 aliphatic heterocycles. The van der Waals surface area contributed by atoms with E-state index in [0.717, 1.165) is 36.6 Å². The Hall–Kier alpha value is -2.24.